The highest BCUT2D eigenvalue weighted by molar-refractivity contribution is 6.60. The van der Waals surface area contributed by atoms with Crippen molar-refractivity contribution in [2.45, 2.75) is 79.2 Å². The van der Waals surface area contributed by atoms with E-state index < -0.39 is 8.80 Å². The Bertz CT molecular complexity index is 261. The number of hydrogen-bond acceptors (Lipinski definition) is 4. The normalized spacial score (nSPS) is 18.9. The highest BCUT2D eigenvalue weighted by Gasteiger charge is 2.47. The predicted molar refractivity (Wildman–Crippen MR) is 82.8 cm³/mol. The fourth-order valence-corrected chi connectivity index (χ4v) is 5.97. The van der Waals surface area contributed by atoms with Crippen LogP contribution in [0.2, 0.25) is 6.04 Å². The first-order valence-electron chi connectivity index (χ1n) is 7.78. The summed E-state index contributed by atoms with van der Waals surface area (Å²) in [7, 11) is -2.63. The Hall–Kier alpha value is 0.0569. The fourth-order valence-electron chi connectivity index (χ4n) is 2.39. The maximum Gasteiger partial charge on any atom is 0.501 e. The van der Waals surface area contributed by atoms with Gasteiger partial charge in [0.2, 0.25) is 0 Å². The van der Waals surface area contributed by atoms with Crippen LogP contribution in [0, 0.1) is 5.41 Å². The van der Waals surface area contributed by atoms with E-state index in [0.717, 1.165) is 25.7 Å². The molecule has 0 radical (unpaired) electrons. The third-order valence-corrected chi connectivity index (χ3v) is 6.54. The third kappa shape index (κ3) is 5.82. The quantitative estimate of drug-likeness (QED) is 0.610. The van der Waals surface area contributed by atoms with Gasteiger partial charge in [0.25, 0.3) is 0 Å². The number of ether oxygens (including phenoxy) is 1. The molecule has 0 N–H and O–H groups in total. The van der Waals surface area contributed by atoms with Crippen LogP contribution in [0.4, 0.5) is 0 Å². The van der Waals surface area contributed by atoms with Gasteiger partial charge in [0.1, 0.15) is 0 Å². The molecule has 0 aromatic carbocycles. The van der Waals surface area contributed by atoms with Crippen molar-refractivity contribution in [2.24, 2.45) is 5.41 Å². The minimum Gasteiger partial charge on any atom is -0.380 e. The minimum atomic E-state index is -2.63. The summed E-state index contributed by atoms with van der Waals surface area (Å²) in [5.74, 6) is 0. The van der Waals surface area contributed by atoms with Crippen LogP contribution in [0.3, 0.4) is 0 Å². The van der Waals surface area contributed by atoms with Crippen LogP contribution in [0.15, 0.2) is 0 Å². The lowest BCUT2D eigenvalue weighted by atomic mass is 9.86. The molecule has 5 heteroatoms. The van der Waals surface area contributed by atoms with Gasteiger partial charge in [-0.25, -0.2) is 0 Å². The summed E-state index contributed by atoms with van der Waals surface area (Å²) in [6.07, 6.45) is 1.38. The Morgan fingerprint density at radius 3 is 1.55 bits per heavy atom. The summed E-state index contributed by atoms with van der Waals surface area (Å²) in [5, 5.41) is 0. The zero-order valence-corrected chi connectivity index (χ0v) is 15.2. The van der Waals surface area contributed by atoms with Gasteiger partial charge in [-0.1, -0.05) is 6.92 Å². The first kappa shape index (κ1) is 18.1. The van der Waals surface area contributed by atoms with Crippen molar-refractivity contribution in [3.05, 3.63) is 0 Å². The van der Waals surface area contributed by atoms with Crippen LogP contribution >= 0.6 is 0 Å². The Morgan fingerprint density at radius 1 is 0.900 bits per heavy atom. The van der Waals surface area contributed by atoms with E-state index in [-0.39, 0.29) is 23.7 Å². The van der Waals surface area contributed by atoms with Crippen LogP contribution in [0.1, 0.15) is 54.9 Å². The maximum atomic E-state index is 6.18. The third-order valence-electron chi connectivity index (χ3n) is 3.18. The average Bonchev–Trinajstić information content (AvgIpc) is 2.20. The summed E-state index contributed by atoms with van der Waals surface area (Å²) < 4.78 is 23.9. The lowest BCUT2D eigenvalue weighted by Crippen LogP contribution is -2.52. The lowest BCUT2D eigenvalue weighted by Gasteiger charge is -2.41. The molecule has 0 aliphatic carbocycles. The molecule has 0 bridgehead atoms. The highest BCUT2D eigenvalue weighted by Crippen LogP contribution is 2.36. The maximum absolute atomic E-state index is 6.18. The minimum absolute atomic E-state index is 0.115. The summed E-state index contributed by atoms with van der Waals surface area (Å²) in [6, 6.07) is 0.862. The van der Waals surface area contributed by atoms with E-state index in [9.17, 15) is 0 Å². The fraction of sp³-hybridized carbons (Fsp3) is 1.00. The van der Waals surface area contributed by atoms with Gasteiger partial charge in [0, 0.05) is 29.8 Å². The molecule has 1 saturated heterocycles. The molecule has 120 valence electrons. The van der Waals surface area contributed by atoms with Gasteiger partial charge in [-0.2, -0.15) is 0 Å². The Labute approximate surface area is 125 Å². The zero-order valence-electron chi connectivity index (χ0n) is 14.2. The molecule has 20 heavy (non-hydrogen) atoms. The van der Waals surface area contributed by atoms with Gasteiger partial charge in [0.15, 0.2) is 0 Å². The smallest absolute Gasteiger partial charge is 0.380 e. The van der Waals surface area contributed by atoms with Crippen molar-refractivity contribution in [3.8, 4) is 0 Å². The van der Waals surface area contributed by atoms with Crippen LogP contribution in [0.25, 0.3) is 0 Å². The standard InChI is InChI=1S/C15H32O4Si/c1-12(2)17-20(18-13(3)4,19-14(5)6)9-8-15(7)10-16-11-15/h12-14H,8-11H2,1-7H3. The lowest BCUT2D eigenvalue weighted by molar-refractivity contribution is -0.106. The van der Waals surface area contributed by atoms with Crippen molar-refractivity contribution in [2.75, 3.05) is 13.2 Å². The van der Waals surface area contributed by atoms with Crippen LogP contribution in [0.5, 0.6) is 0 Å². The van der Waals surface area contributed by atoms with E-state index in [1.54, 1.807) is 0 Å². The van der Waals surface area contributed by atoms with Crippen molar-refractivity contribution < 1.29 is 18.0 Å². The molecule has 0 amide bonds. The number of hydrogen-bond donors (Lipinski definition) is 0. The summed E-state index contributed by atoms with van der Waals surface area (Å²) in [5.41, 5.74) is 0.263. The van der Waals surface area contributed by atoms with Crippen LogP contribution in [-0.2, 0) is 18.0 Å². The summed E-state index contributed by atoms with van der Waals surface area (Å²) in [4.78, 5) is 0. The molecule has 0 atom stereocenters. The molecule has 1 heterocycles. The molecule has 0 unspecified atom stereocenters. The molecule has 1 fully saturated rings. The Morgan fingerprint density at radius 2 is 1.30 bits per heavy atom. The van der Waals surface area contributed by atoms with Crippen molar-refractivity contribution >= 4 is 8.80 Å². The van der Waals surface area contributed by atoms with Crippen LogP contribution in [-0.4, -0.2) is 40.3 Å². The predicted octanol–water partition coefficient (Wildman–Crippen LogP) is 3.63. The molecule has 0 spiro atoms. The molecule has 0 aromatic rings. The highest BCUT2D eigenvalue weighted by atomic mass is 28.4. The van der Waals surface area contributed by atoms with Crippen molar-refractivity contribution in [1.82, 2.24) is 0 Å². The van der Waals surface area contributed by atoms with E-state index >= 15 is 0 Å². The second-order valence-electron chi connectivity index (χ2n) is 6.99. The van der Waals surface area contributed by atoms with Crippen molar-refractivity contribution in [1.29, 1.82) is 0 Å². The first-order valence-corrected chi connectivity index (χ1v) is 9.71. The average molecular weight is 305 g/mol. The van der Waals surface area contributed by atoms with E-state index in [1.807, 2.05) is 41.5 Å². The summed E-state index contributed by atoms with van der Waals surface area (Å²) in [6.45, 7) is 16.2. The topological polar surface area (TPSA) is 36.9 Å². The molecule has 1 aliphatic heterocycles. The largest absolute Gasteiger partial charge is 0.501 e. The van der Waals surface area contributed by atoms with Gasteiger partial charge in [-0.3, -0.25) is 0 Å². The van der Waals surface area contributed by atoms with Gasteiger partial charge in [0.05, 0.1) is 13.2 Å². The first-order chi connectivity index (χ1) is 9.16. The van der Waals surface area contributed by atoms with E-state index in [4.69, 9.17) is 18.0 Å². The van der Waals surface area contributed by atoms with Crippen LogP contribution < -0.4 is 0 Å². The molecule has 1 rings (SSSR count). The van der Waals surface area contributed by atoms with Crippen molar-refractivity contribution in [3.63, 3.8) is 0 Å². The van der Waals surface area contributed by atoms with Gasteiger partial charge in [-0.05, 0) is 48.0 Å². The Balaban J connectivity index is 2.76. The second kappa shape index (κ2) is 7.36. The SMILES string of the molecule is CC(C)O[Si](CCC1(C)COC1)(OC(C)C)OC(C)C. The molecule has 4 nitrogen and oxygen atoms in total. The monoisotopic (exact) mass is 304 g/mol. The summed E-state index contributed by atoms with van der Waals surface area (Å²) >= 11 is 0. The molecular formula is C15H32O4Si. The molecular weight excluding hydrogens is 272 g/mol. The van der Waals surface area contributed by atoms with Gasteiger partial charge in [-0.15, -0.1) is 0 Å². The Kier molecular flexibility index (Phi) is 6.66. The number of rotatable bonds is 9. The van der Waals surface area contributed by atoms with E-state index in [0.29, 0.717) is 0 Å². The molecule has 0 aromatic heterocycles. The molecule has 1 aliphatic rings. The second-order valence-corrected chi connectivity index (χ2v) is 9.56. The van der Waals surface area contributed by atoms with Gasteiger partial charge >= 0.3 is 8.80 Å². The van der Waals surface area contributed by atoms with E-state index in [2.05, 4.69) is 6.92 Å². The van der Waals surface area contributed by atoms with Gasteiger partial charge < -0.3 is 18.0 Å². The van der Waals surface area contributed by atoms with E-state index in [1.165, 1.54) is 0 Å². The zero-order chi connectivity index (χ0) is 15.4. The molecule has 0 saturated carbocycles.